The van der Waals surface area contributed by atoms with Crippen molar-refractivity contribution in [1.29, 1.82) is 0 Å². The molecule has 1 aliphatic carbocycles. The van der Waals surface area contributed by atoms with Crippen molar-refractivity contribution >= 4 is 53.3 Å². The second-order valence-electron chi connectivity index (χ2n) is 11.8. The molecule has 0 radical (unpaired) electrons. The number of para-hydroxylation sites is 1. The zero-order chi connectivity index (χ0) is 27.3. The van der Waals surface area contributed by atoms with Crippen molar-refractivity contribution in [1.82, 2.24) is 4.57 Å². The van der Waals surface area contributed by atoms with Gasteiger partial charge in [0.15, 0.2) is 0 Å². The molecule has 0 atom stereocenters. The lowest BCUT2D eigenvalue weighted by atomic mass is 9.82. The van der Waals surface area contributed by atoms with Crippen LogP contribution in [0.3, 0.4) is 0 Å². The van der Waals surface area contributed by atoms with Crippen LogP contribution < -0.4 is 0 Å². The van der Waals surface area contributed by atoms with Crippen molar-refractivity contribution in [3.05, 3.63) is 139 Å². The van der Waals surface area contributed by atoms with Gasteiger partial charge in [-0.3, -0.25) is 0 Å². The topological polar surface area (TPSA) is 4.93 Å². The molecular weight excluding hydrogens is 515 g/mol. The average molecular weight is 542 g/mol. The highest BCUT2D eigenvalue weighted by Crippen LogP contribution is 2.52. The number of rotatable bonds is 2. The number of nitrogens with zero attached hydrogens (tertiary/aromatic N) is 1. The normalized spacial score (nSPS) is 13.8. The molecule has 0 spiro atoms. The molecule has 0 saturated carbocycles. The molecule has 0 saturated heterocycles. The summed E-state index contributed by atoms with van der Waals surface area (Å²) in [6, 6.07) is 47.3. The van der Waals surface area contributed by atoms with Gasteiger partial charge >= 0.3 is 0 Å². The molecule has 6 aromatic carbocycles. The first-order valence-electron chi connectivity index (χ1n) is 14.3. The molecule has 194 valence electrons. The van der Waals surface area contributed by atoms with E-state index in [1.807, 2.05) is 11.3 Å². The fourth-order valence-electron chi connectivity index (χ4n) is 7.22. The van der Waals surface area contributed by atoms with Gasteiger partial charge in [0.1, 0.15) is 0 Å². The lowest BCUT2D eigenvalue weighted by Crippen LogP contribution is -2.14. The monoisotopic (exact) mass is 541 g/mol. The summed E-state index contributed by atoms with van der Waals surface area (Å²) < 4.78 is 5.17. The molecule has 8 aromatic rings. The molecule has 2 aromatic heterocycles. The van der Waals surface area contributed by atoms with E-state index in [-0.39, 0.29) is 5.41 Å². The Morgan fingerprint density at radius 3 is 2.12 bits per heavy atom. The first-order valence-corrected chi connectivity index (χ1v) is 15.1. The molecule has 1 aliphatic rings. The van der Waals surface area contributed by atoms with Gasteiger partial charge in [-0.25, -0.2) is 0 Å². The van der Waals surface area contributed by atoms with E-state index in [1.54, 1.807) is 0 Å². The fraction of sp³-hybridized carbons (Fsp3) is 0.0769. The number of aromatic nitrogens is 1. The van der Waals surface area contributed by atoms with E-state index in [9.17, 15) is 0 Å². The summed E-state index contributed by atoms with van der Waals surface area (Å²) in [6.45, 7) is 4.72. The summed E-state index contributed by atoms with van der Waals surface area (Å²) in [7, 11) is 0. The third-order valence-corrected chi connectivity index (χ3v) is 10.4. The van der Waals surface area contributed by atoms with Crippen molar-refractivity contribution < 1.29 is 0 Å². The Balaban J connectivity index is 1.27. The summed E-state index contributed by atoms with van der Waals surface area (Å²) in [5.41, 5.74) is 11.8. The number of thiophene rings is 1. The number of hydrogen-bond acceptors (Lipinski definition) is 1. The minimum Gasteiger partial charge on any atom is -0.309 e. The van der Waals surface area contributed by atoms with Gasteiger partial charge in [-0.15, -0.1) is 11.3 Å². The first kappa shape index (κ1) is 23.1. The average Bonchev–Trinajstić information content (AvgIpc) is 3.63. The van der Waals surface area contributed by atoms with Crippen LogP contribution in [-0.4, -0.2) is 4.57 Å². The van der Waals surface area contributed by atoms with Crippen LogP contribution in [0.1, 0.15) is 25.0 Å². The summed E-state index contributed by atoms with van der Waals surface area (Å²) in [6.07, 6.45) is 0. The van der Waals surface area contributed by atoms with Crippen LogP contribution in [0.15, 0.2) is 127 Å². The zero-order valence-electron chi connectivity index (χ0n) is 23.0. The van der Waals surface area contributed by atoms with Crippen molar-refractivity contribution in [3.63, 3.8) is 0 Å². The molecule has 0 fully saturated rings. The highest BCUT2D eigenvalue weighted by molar-refractivity contribution is 7.25. The standard InChI is InChI=1S/C39H27NS/c1-39(2)32-12-6-3-11-30(32)37-33(39)21-20-29-27-9-4-7-13-34(27)40(38(29)37)26-18-15-24(16-19-26)25-17-22-36-31(23-25)28-10-5-8-14-35(28)41-36/h3-23H,1-2H3. The SMILES string of the molecule is CC1(C)c2ccccc2-c2c1ccc1c3ccccc3n(-c3ccc(-c4ccc5sc6ccccc6c5c4)cc3)c21. The van der Waals surface area contributed by atoms with Gasteiger partial charge in [0.2, 0.25) is 0 Å². The first-order chi connectivity index (χ1) is 20.1. The molecule has 2 heteroatoms. The van der Waals surface area contributed by atoms with E-state index in [0.717, 1.165) is 0 Å². The Hall–Kier alpha value is -4.66. The van der Waals surface area contributed by atoms with E-state index in [4.69, 9.17) is 0 Å². The smallest absolute Gasteiger partial charge is 0.0622 e. The second kappa shape index (κ2) is 8.19. The predicted octanol–water partition coefficient (Wildman–Crippen LogP) is 11.1. The van der Waals surface area contributed by atoms with Crippen LogP contribution in [-0.2, 0) is 5.41 Å². The van der Waals surface area contributed by atoms with Gasteiger partial charge in [0, 0.05) is 47.6 Å². The van der Waals surface area contributed by atoms with E-state index >= 15 is 0 Å². The maximum atomic E-state index is 2.49. The predicted molar refractivity (Wildman–Crippen MR) is 177 cm³/mol. The number of hydrogen-bond donors (Lipinski definition) is 0. The zero-order valence-corrected chi connectivity index (χ0v) is 23.8. The van der Waals surface area contributed by atoms with Gasteiger partial charge < -0.3 is 4.57 Å². The van der Waals surface area contributed by atoms with Crippen LogP contribution in [0.4, 0.5) is 0 Å². The van der Waals surface area contributed by atoms with Gasteiger partial charge in [0.25, 0.3) is 0 Å². The highest BCUT2D eigenvalue weighted by atomic mass is 32.1. The lowest BCUT2D eigenvalue weighted by molar-refractivity contribution is 0.661. The number of benzene rings is 6. The minimum absolute atomic E-state index is 0.0320. The Morgan fingerprint density at radius 1 is 0.537 bits per heavy atom. The Morgan fingerprint density at radius 2 is 1.24 bits per heavy atom. The maximum absolute atomic E-state index is 2.49. The van der Waals surface area contributed by atoms with Crippen molar-refractivity contribution in [2.24, 2.45) is 0 Å². The van der Waals surface area contributed by atoms with Crippen LogP contribution in [0.5, 0.6) is 0 Å². The molecule has 41 heavy (non-hydrogen) atoms. The molecule has 0 bridgehead atoms. The lowest BCUT2D eigenvalue weighted by Gasteiger charge is -2.21. The summed E-state index contributed by atoms with van der Waals surface area (Å²) >= 11 is 1.87. The quantitative estimate of drug-likeness (QED) is 0.205. The van der Waals surface area contributed by atoms with Gasteiger partial charge in [-0.2, -0.15) is 0 Å². The van der Waals surface area contributed by atoms with Crippen LogP contribution in [0.25, 0.3) is 69.9 Å². The van der Waals surface area contributed by atoms with E-state index < -0.39 is 0 Å². The molecule has 0 aliphatic heterocycles. The minimum atomic E-state index is -0.0320. The molecule has 9 rings (SSSR count). The second-order valence-corrected chi connectivity index (χ2v) is 12.8. The molecule has 0 amide bonds. The van der Waals surface area contributed by atoms with Crippen LogP contribution in [0.2, 0.25) is 0 Å². The third kappa shape index (κ3) is 3.11. The summed E-state index contributed by atoms with van der Waals surface area (Å²) in [5.74, 6) is 0. The van der Waals surface area contributed by atoms with E-state index in [0.29, 0.717) is 0 Å². The van der Waals surface area contributed by atoms with Crippen molar-refractivity contribution in [3.8, 4) is 27.9 Å². The molecular formula is C39H27NS. The van der Waals surface area contributed by atoms with E-state index in [1.165, 1.54) is 81.0 Å². The Kier molecular flexibility index (Phi) is 4.61. The summed E-state index contributed by atoms with van der Waals surface area (Å²) in [4.78, 5) is 0. The molecule has 1 nitrogen and oxygen atoms in total. The fourth-order valence-corrected chi connectivity index (χ4v) is 8.31. The summed E-state index contributed by atoms with van der Waals surface area (Å²) in [5, 5.41) is 5.29. The van der Waals surface area contributed by atoms with Crippen LogP contribution in [0, 0.1) is 0 Å². The van der Waals surface area contributed by atoms with E-state index in [2.05, 4.69) is 146 Å². The molecule has 0 N–H and O–H groups in total. The molecule has 2 heterocycles. The van der Waals surface area contributed by atoms with Crippen molar-refractivity contribution in [2.45, 2.75) is 19.3 Å². The van der Waals surface area contributed by atoms with Crippen LogP contribution >= 0.6 is 11.3 Å². The Bertz CT molecular complexity index is 2330. The third-order valence-electron chi connectivity index (χ3n) is 9.22. The Labute approximate surface area is 242 Å². The highest BCUT2D eigenvalue weighted by Gasteiger charge is 2.37. The van der Waals surface area contributed by atoms with Gasteiger partial charge in [0.05, 0.1) is 11.0 Å². The largest absolute Gasteiger partial charge is 0.309 e. The van der Waals surface area contributed by atoms with Gasteiger partial charge in [-0.1, -0.05) is 105 Å². The number of fused-ring (bicyclic) bond motifs is 10. The van der Waals surface area contributed by atoms with Crippen molar-refractivity contribution in [2.75, 3.05) is 0 Å². The maximum Gasteiger partial charge on any atom is 0.0622 e. The van der Waals surface area contributed by atoms with Gasteiger partial charge in [-0.05, 0) is 64.2 Å². The molecule has 0 unspecified atom stereocenters.